The normalized spacial score (nSPS) is 28.3. The summed E-state index contributed by atoms with van der Waals surface area (Å²) >= 11 is 2.05. The van der Waals surface area contributed by atoms with E-state index in [1.54, 1.807) is 0 Å². The molecule has 1 nitrogen and oxygen atoms in total. The van der Waals surface area contributed by atoms with Crippen LogP contribution in [-0.2, 0) is 0 Å². The van der Waals surface area contributed by atoms with Crippen molar-refractivity contribution in [2.24, 2.45) is 5.92 Å². The van der Waals surface area contributed by atoms with Crippen molar-refractivity contribution in [2.75, 3.05) is 6.26 Å². The second kappa shape index (κ2) is 7.60. The Bertz CT molecular complexity index is 174. The lowest BCUT2D eigenvalue weighted by Crippen LogP contribution is -2.39. The van der Waals surface area contributed by atoms with Gasteiger partial charge in [0.25, 0.3) is 0 Å². The van der Waals surface area contributed by atoms with Gasteiger partial charge in [-0.25, -0.2) is 0 Å². The lowest BCUT2D eigenvalue weighted by Gasteiger charge is -2.30. The highest BCUT2D eigenvalue weighted by atomic mass is 32.2. The molecule has 1 aliphatic rings. The third-order valence-corrected chi connectivity index (χ3v) is 4.84. The molecule has 1 fully saturated rings. The highest BCUT2D eigenvalue weighted by Crippen LogP contribution is 2.27. The van der Waals surface area contributed by atoms with Crippen molar-refractivity contribution in [3.8, 4) is 0 Å². The van der Waals surface area contributed by atoms with Gasteiger partial charge in [0, 0.05) is 17.3 Å². The largest absolute Gasteiger partial charge is 0.312 e. The average molecular weight is 243 g/mol. The SMILES string of the molecule is CSC1CCC(NC(C)CCC(C)C)CC1. The van der Waals surface area contributed by atoms with Gasteiger partial charge in [0.1, 0.15) is 0 Å². The van der Waals surface area contributed by atoms with Crippen LogP contribution in [0.15, 0.2) is 0 Å². The molecule has 1 atom stereocenters. The Morgan fingerprint density at radius 2 is 1.69 bits per heavy atom. The number of nitrogens with one attached hydrogen (secondary N) is 1. The van der Waals surface area contributed by atoms with Crippen LogP contribution in [0, 0.1) is 5.92 Å². The topological polar surface area (TPSA) is 12.0 Å². The minimum Gasteiger partial charge on any atom is -0.312 e. The fraction of sp³-hybridized carbons (Fsp3) is 1.00. The second-order valence-corrected chi connectivity index (χ2v) is 6.89. The van der Waals surface area contributed by atoms with E-state index in [4.69, 9.17) is 0 Å². The lowest BCUT2D eigenvalue weighted by atomic mass is 9.93. The molecule has 1 N–H and O–H groups in total. The number of hydrogen-bond acceptors (Lipinski definition) is 2. The van der Waals surface area contributed by atoms with Crippen molar-refractivity contribution in [3.63, 3.8) is 0 Å². The summed E-state index contributed by atoms with van der Waals surface area (Å²) in [6, 6.07) is 1.50. The Balaban J connectivity index is 2.13. The summed E-state index contributed by atoms with van der Waals surface area (Å²) in [5.41, 5.74) is 0. The number of hydrogen-bond donors (Lipinski definition) is 1. The van der Waals surface area contributed by atoms with E-state index in [2.05, 4.69) is 44.1 Å². The highest BCUT2D eigenvalue weighted by molar-refractivity contribution is 7.99. The quantitative estimate of drug-likeness (QED) is 0.754. The van der Waals surface area contributed by atoms with E-state index < -0.39 is 0 Å². The van der Waals surface area contributed by atoms with Gasteiger partial charge in [-0.2, -0.15) is 11.8 Å². The third-order valence-electron chi connectivity index (χ3n) is 3.70. The first kappa shape index (κ1) is 14.4. The van der Waals surface area contributed by atoms with Crippen molar-refractivity contribution < 1.29 is 0 Å². The van der Waals surface area contributed by atoms with E-state index in [-0.39, 0.29) is 0 Å². The van der Waals surface area contributed by atoms with E-state index in [1.807, 2.05) is 0 Å². The summed E-state index contributed by atoms with van der Waals surface area (Å²) < 4.78 is 0. The van der Waals surface area contributed by atoms with Gasteiger partial charge in [0.15, 0.2) is 0 Å². The Labute approximate surface area is 106 Å². The van der Waals surface area contributed by atoms with Crippen molar-refractivity contribution in [1.29, 1.82) is 0 Å². The van der Waals surface area contributed by atoms with Gasteiger partial charge in [0.05, 0.1) is 0 Å². The highest BCUT2D eigenvalue weighted by Gasteiger charge is 2.21. The Morgan fingerprint density at radius 3 is 2.19 bits per heavy atom. The molecule has 1 unspecified atom stereocenters. The maximum Gasteiger partial charge on any atom is 0.00703 e. The van der Waals surface area contributed by atoms with Crippen LogP contribution in [-0.4, -0.2) is 23.6 Å². The standard InChI is InChI=1S/C14H29NS/c1-11(2)5-6-12(3)15-13-7-9-14(16-4)10-8-13/h11-15H,5-10H2,1-4H3. The maximum atomic E-state index is 3.81. The zero-order valence-corrected chi connectivity index (χ0v) is 12.3. The average Bonchev–Trinajstić information content (AvgIpc) is 2.27. The monoisotopic (exact) mass is 243 g/mol. The summed E-state index contributed by atoms with van der Waals surface area (Å²) in [5.74, 6) is 0.844. The first-order chi connectivity index (χ1) is 7.61. The lowest BCUT2D eigenvalue weighted by molar-refractivity contribution is 0.331. The molecule has 16 heavy (non-hydrogen) atoms. The van der Waals surface area contributed by atoms with Gasteiger partial charge in [-0.15, -0.1) is 0 Å². The summed E-state index contributed by atoms with van der Waals surface area (Å²) in [4.78, 5) is 0. The van der Waals surface area contributed by atoms with Gasteiger partial charge in [-0.1, -0.05) is 13.8 Å². The molecule has 0 amide bonds. The summed E-state index contributed by atoms with van der Waals surface area (Å²) in [7, 11) is 0. The molecule has 0 heterocycles. The van der Waals surface area contributed by atoms with Crippen molar-refractivity contribution in [2.45, 2.75) is 76.6 Å². The maximum absolute atomic E-state index is 3.81. The molecule has 1 aliphatic carbocycles. The fourth-order valence-corrected chi connectivity index (χ4v) is 3.28. The molecule has 0 bridgehead atoms. The Hall–Kier alpha value is 0.310. The predicted octanol–water partition coefficient (Wildman–Crippen LogP) is 4.07. The molecule has 1 saturated carbocycles. The molecule has 0 aromatic rings. The molecular formula is C14H29NS. The van der Waals surface area contributed by atoms with Crippen LogP contribution in [0.2, 0.25) is 0 Å². The van der Waals surface area contributed by atoms with Crippen LogP contribution in [0.1, 0.15) is 59.3 Å². The zero-order chi connectivity index (χ0) is 12.0. The predicted molar refractivity (Wildman–Crippen MR) is 76.2 cm³/mol. The molecular weight excluding hydrogens is 214 g/mol. The van der Waals surface area contributed by atoms with Crippen LogP contribution in [0.25, 0.3) is 0 Å². The van der Waals surface area contributed by atoms with E-state index in [0.29, 0.717) is 6.04 Å². The third kappa shape index (κ3) is 5.58. The molecule has 0 radical (unpaired) electrons. The van der Waals surface area contributed by atoms with Crippen molar-refractivity contribution >= 4 is 11.8 Å². The molecule has 1 rings (SSSR count). The van der Waals surface area contributed by atoms with Crippen LogP contribution < -0.4 is 5.32 Å². The minimum atomic E-state index is 0.707. The van der Waals surface area contributed by atoms with Crippen LogP contribution in [0.4, 0.5) is 0 Å². The number of rotatable bonds is 6. The molecule has 0 saturated heterocycles. The smallest absolute Gasteiger partial charge is 0.00703 e. The Kier molecular flexibility index (Phi) is 6.83. The first-order valence-corrected chi connectivity index (χ1v) is 8.19. The molecule has 0 spiro atoms. The van der Waals surface area contributed by atoms with E-state index in [9.17, 15) is 0 Å². The summed E-state index contributed by atoms with van der Waals surface area (Å²) in [5, 5.41) is 4.74. The first-order valence-electron chi connectivity index (χ1n) is 6.90. The van der Waals surface area contributed by atoms with Gasteiger partial charge in [-0.3, -0.25) is 0 Å². The van der Waals surface area contributed by atoms with Crippen molar-refractivity contribution in [1.82, 2.24) is 5.32 Å². The fourth-order valence-electron chi connectivity index (χ4n) is 2.53. The molecule has 0 aromatic heterocycles. The van der Waals surface area contributed by atoms with Gasteiger partial charge < -0.3 is 5.32 Å². The summed E-state index contributed by atoms with van der Waals surface area (Å²) in [6.07, 6.45) is 10.5. The number of thioether (sulfide) groups is 1. The Morgan fingerprint density at radius 1 is 1.06 bits per heavy atom. The van der Waals surface area contributed by atoms with Crippen LogP contribution in [0.3, 0.4) is 0 Å². The van der Waals surface area contributed by atoms with Crippen molar-refractivity contribution in [3.05, 3.63) is 0 Å². The minimum absolute atomic E-state index is 0.707. The van der Waals surface area contributed by atoms with Crippen LogP contribution in [0.5, 0.6) is 0 Å². The van der Waals surface area contributed by atoms with Gasteiger partial charge >= 0.3 is 0 Å². The van der Waals surface area contributed by atoms with E-state index in [0.717, 1.165) is 17.2 Å². The van der Waals surface area contributed by atoms with Crippen LogP contribution >= 0.6 is 11.8 Å². The zero-order valence-electron chi connectivity index (χ0n) is 11.5. The van der Waals surface area contributed by atoms with E-state index in [1.165, 1.54) is 38.5 Å². The second-order valence-electron chi connectivity index (χ2n) is 5.75. The molecule has 0 aliphatic heterocycles. The summed E-state index contributed by atoms with van der Waals surface area (Å²) in [6.45, 7) is 6.98. The molecule has 96 valence electrons. The van der Waals surface area contributed by atoms with Gasteiger partial charge in [0.2, 0.25) is 0 Å². The molecule has 0 aromatic carbocycles. The van der Waals surface area contributed by atoms with Gasteiger partial charge in [-0.05, 0) is 57.6 Å². The van der Waals surface area contributed by atoms with E-state index >= 15 is 0 Å². The molecule has 2 heteroatoms.